The van der Waals surface area contributed by atoms with E-state index in [0.29, 0.717) is 34.8 Å². The highest BCUT2D eigenvalue weighted by Crippen LogP contribution is 2.36. The Morgan fingerprint density at radius 2 is 1.97 bits per heavy atom. The first-order valence-electron chi connectivity index (χ1n) is 11.9. The van der Waals surface area contributed by atoms with Crippen LogP contribution in [0.2, 0.25) is 0 Å². The molecule has 0 saturated carbocycles. The van der Waals surface area contributed by atoms with E-state index in [1.807, 2.05) is 18.2 Å². The SMILES string of the molecule is CO[C@H]1C(OB2OCc3cc(Oc4ccc(C#N)cc4)ccc32)[C@@H](CO)O[C@H]1n1cnc2c(N)ncnc21. The fraction of sp³-hybridized carbons (Fsp3) is 0.280. The molecule has 192 valence electrons. The Morgan fingerprint density at radius 1 is 1.16 bits per heavy atom. The first-order chi connectivity index (χ1) is 18.6. The molecule has 4 aromatic rings. The van der Waals surface area contributed by atoms with Crippen LogP contribution in [0.25, 0.3) is 11.2 Å². The maximum Gasteiger partial charge on any atom is 0.494 e. The molecule has 13 heteroatoms. The fourth-order valence-corrected chi connectivity index (χ4v) is 4.80. The molecule has 12 nitrogen and oxygen atoms in total. The second-order valence-corrected chi connectivity index (χ2v) is 8.87. The Labute approximate surface area is 217 Å². The van der Waals surface area contributed by atoms with Crippen LogP contribution in [-0.4, -0.2) is 63.8 Å². The number of imidazole rings is 1. The van der Waals surface area contributed by atoms with Crippen molar-refractivity contribution in [1.82, 2.24) is 19.5 Å². The first-order valence-corrected chi connectivity index (χ1v) is 11.9. The number of fused-ring (bicyclic) bond motifs is 2. The van der Waals surface area contributed by atoms with Gasteiger partial charge in [0.2, 0.25) is 0 Å². The molecule has 2 aliphatic heterocycles. The van der Waals surface area contributed by atoms with Crippen molar-refractivity contribution in [3.8, 4) is 17.6 Å². The minimum absolute atomic E-state index is 0.255. The van der Waals surface area contributed by atoms with E-state index in [4.69, 9.17) is 34.5 Å². The summed E-state index contributed by atoms with van der Waals surface area (Å²) >= 11 is 0. The summed E-state index contributed by atoms with van der Waals surface area (Å²) in [6, 6.07) is 14.6. The minimum Gasteiger partial charge on any atom is -0.457 e. The third-order valence-corrected chi connectivity index (χ3v) is 6.66. The summed E-state index contributed by atoms with van der Waals surface area (Å²) in [5, 5.41) is 19.1. The maximum absolute atomic E-state index is 10.1. The highest BCUT2D eigenvalue weighted by Gasteiger charge is 2.49. The standard InChI is InChI=1S/C25H23BN6O6/c1-34-22-21(19(10-33)37-25(22)32-13-31-20-23(28)29-12-30-24(20)32)38-26-18-7-6-17(8-15(18)11-35-26)36-16-4-2-14(9-27)3-5-16/h2-8,12-13,19,21-22,25,33H,10-11H2,1H3,(H2,28,29,30)/t19-,21?,22+,25-/m1/s1. The lowest BCUT2D eigenvalue weighted by atomic mass is 9.78. The molecular formula is C25H23BN6O6. The fourth-order valence-electron chi connectivity index (χ4n) is 4.80. The molecule has 38 heavy (non-hydrogen) atoms. The highest BCUT2D eigenvalue weighted by molar-refractivity contribution is 6.62. The van der Waals surface area contributed by atoms with E-state index < -0.39 is 31.7 Å². The largest absolute Gasteiger partial charge is 0.494 e. The summed E-state index contributed by atoms with van der Waals surface area (Å²) < 4.78 is 31.9. The maximum atomic E-state index is 10.1. The number of nitriles is 1. The summed E-state index contributed by atoms with van der Waals surface area (Å²) in [5.41, 5.74) is 9.19. The lowest BCUT2D eigenvalue weighted by Gasteiger charge is -2.25. The molecule has 2 aromatic carbocycles. The molecule has 0 spiro atoms. The Balaban J connectivity index is 1.21. The van der Waals surface area contributed by atoms with E-state index in [9.17, 15) is 5.11 Å². The van der Waals surface area contributed by atoms with E-state index >= 15 is 0 Å². The van der Waals surface area contributed by atoms with Crippen molar-refractivity contribution in [2.24, 2.45) is 0 Å². The molecule has 1 unspecified atom stereocenters. The number of nitrogens with two attached hydrogens (primary N) is 1. The predicted octanol–water partition coefficient (Wildman–Crippen LogP) is 1.29. The van der Waals surface area contributed by atoms with Gasteiger partial charge in [0.1, 0.15) is 41.7 Å². The molecule has 6 rings (SSSR count). The Bertz CT molecular complexity index is 1510. The molecule has 1 fully saturated rings. The number of aliphatic hydroxyl groups excluding tert-OH is 1. The van der Waals surface area contributed by atoms with Crippen LogP contribution < -0.4 is 15.9 Å². The quantitative estimate of drug-likeness (QED) is 0.342. The number of nitrogen functional groups attached to an aromatic ring is 1. The number of aliphatic hydroxyl groups is 1. The number of hydrogen-bond donors (Lipinski definition) is 2. The number of anilines is 1. The van der Waals surface area contributed by atoms with E-state index in [2.05, 4.69) is 21.0 Å². The van der Waals surface area contributed by atoms with Crippen molar-refractivity contribution < 1.29 is 28.6 Å². The van der Waals surface area contributed by atoms with Gasteiger partial charge >= 0.3 is 7.12 Å². The van der Waals surface area contributed by atoms with Crippen molar-refractivity contribution in [2.75, 3.05) is 19.5 Å². The van der Waals surface area contributed by atoms with Gasteiger partial charge in [0.15, 0.2) is 17.7 Å². The average Bonchev–Trinajstić information content (AvgIpc) is 3.65. The van der Waals surface area contributed by atoms with Gasteiger partial charge in [-0.25, -0.2) is 15.0 Å². The number of nitrogens with zero attached hydrogens (tertiary/aromatic N) is 5. The van der Waals surface area contributed by atoms with Crippen molar-refractivity contribution in [3.63, 3.8) is 0 Å². The third-order valence-electron chi connectivity index (χ3n) is 6.66. The van der Waals surface area contributed by atoms with E-state index in [-0.39, 0.29) is 12.4 Å². The van der Waals surface area contributed by atoms with E-state index in [1.54, 1.807) is 42.3 Å². The van der Waals surface area contributed by atoms with Crippen LogP contribution in [0.4, 0.5) is 5.82 Å². The van der Waals surface area contributed by atoms with Gasteiger partial charge in [0.25, 0.3) is 0 Å². The van der Waals surface area contributed by atoms with Gasteiger partial charge < -0.3 is 34.4 Å². The number of hydrogen-bond acceptors (Lipinski definition) is 11. The van der Waals surface area contributed by atoms with Crippen LogP contribution in [0.1, 0.15) is 17.4 Å². The topological polar surface area (TPSA) is 160 Å². The van der Waals surface area contributed by atoms with Crippen LogP contribution in [0.5, 0.6) is 11.5 Å². The van der Waals surface area contributed by atoms with Crippen LogP contribution in [0.15, 0.2) is 55.1 Å². The second kappa shape index (κ2) is 10.0. The van der Waals surface area contributed by atoms with Crippen LogP contribution in [0, 0.1) is 11.3 Å². The molecular weight excluding hydrogens is 491 g/mol. The predicted molar refractivity (Wildman–Crippen MR) is 134 cm³/mol. The number of aromatic nitrogens is 4. The van der Waals surface area contributed by atoms with Crippen molar-refractivity contribution in [1.29, 1.82) is 5.26 Å². The Hall–Kier alpha value is -4.06. The summed E-state index contributed by atoms with van der Waals surface area (Å²) in [7, 11) is 0.862. The van der Waals surface area contributed by atoms with Gasteiger partial charge in [-0.3, -0.25) is 4.57 Å². The summed E-state index contributed by atoms with van der Waals surface area (Å²) in [6.07, 6.45) is 0.287. The average molecular weight is 514 g/mol. The smallest absolute Gasteiger partial charge is 0.457 e. The van der Waals surface area contributed by atoms with Gasteiger partial charge in [-0.15, -0.1) is 0 Å². The number of benzene rings is 2. The molecule has 1 saturated heterocycles. The van der Waals surface area contributed by atoms with Gasteiger partial charge in [-0.05, 0) is 47.4 Å². The minimum atomic E-state index is -0.689. The molecule has 3 N–H and O–H groups in total. The Kier molecular flexibility index (Phi) is 6.40. The summed E-state index contributed by atoms with van der Waals surface area (Å²) in [6.45, 7) is 0.0348. The lowest BCUT2D eigenvalue weighted by molar-refractivity contribution is -0.0583. The number of methoxy groups -OCH3 is 1. The van der Waals surface area contributed by atoms with Crippen LogP contribution in [0.3, 0.4) is 0 Å². The monoisotopic (exact) mass is 514 g/mol. The van der Waals surface area contributed by atoms with Crippen LogP contribution in [-0.2, 0) is 25.4 Å². The van der Waals surface area contributed by atoms with Crippen LogP contribution >= 0.6 is 0 Å². The van der Waals surface area contributed by atoms with Gasteiger partial charge in [-0.2, -0.15) is 5.26 Å². The molecule has 0 aliphatic carbocycles. The number of rotatable bonds is 7. The zero-order valence-corrected chi connectivity index (χ0v) is 20.3. The normalized spacial score (nSPS) is 22.5. The number of ether oxygens (including phenoxy) is 3. The van der Waals surface area contributed by atoms with Crippen molar-refractivity contribution in [3.05, 3.63) is 66.2 Å². The highest BCUT2D eigenvalue weighted by atomic mass is 16.6. The van der Waals surface area contributed by atoms with E-state index in [1.165, 1.54) is 6.33 Å². The zero-order chi connectivity index (χ0) is 26.2. The van der Waals surface area contributed by atoms with Gasteiger partial charge in [0, 0.05) is 7.11 Å². The molecule has 0 amide bonds. The molecule has 2 aromatic heterocycles. The molecule has 4 atom stereocenters. The molecule has 0 bridgehead atoms. The van der Waals surface area contributed by atoms with E-state index in [0.717, 1.165) is 11.0 Å². The molecule has 0 radical (unpaired) electrons. The lowest BCUT2D eigenvalue weighted by Crippen LogP contribution is -2.45. The van der Waals surface area contributed by atoms with Gasteiger partial charge in [-0.1, -0.05) is 6.07 Å². The zero-order valence-electron chi connectivity index (χ0n) is 20.3. The molecule has 4 heterocycles. The second-order valence-electron chi connectivity index (χ2n) is 8.87. The summed E-state index contributed by atoms with van der Waals surface area (Å²) in [4.78, 5) is 12.6. The third kappa shape index (κ3) is 4.24. The van der Waals surface area contributed by atoms with Crippen molar-refractivity contribution in [2.45, 2.75) is 31.1 Å². The molecule has 2 aliphatic rings. The Morgan fingerprint density at radius 3 is 2.74 bits per heavy atom. The first kappa shape index (κ1) is 24.3. The van der Waals surface area contributed by atoms with Gasteiger partial charge in [0.05, 0.1) is 31.2 Å². The van der Waals surface area contributed by atoms with Crippen molar-refractivity contribution >= 4 is 29.6 Å². The summed E-state index contributed by atoms with van der Waals surface area (Å²) in [5.74, 6) is 1.52.